The third-order valence-electron chi connectivity index (χ3n) is 1.30. The van der Waals surface area contributed by atoms with Gasteiger partial charge in [-0.2, -0.15) is 5.26 Å². The van der Waals surface area contributed by atoms with Gasteiger partial charge in [0.1, 0.15) is 6.54 Å². The highest BCUT2D eigenvalue weighted by Gasteiger charge is 2.06. The molecule has 10 heavy (non-hydrogen) atoms. The van der Waals surface area contributed by atoms with Gasteiger partial charge >= 0.3 is 0 Å². The van der Waals surface area contributed by atoms with Gasteiger partial charge in [0.2, 0.25) is 5.91 Å². The molecule has 0 N–H and O–H groups in total. The molecule has 0 fully saturated rings. The summed E-state index contributed by atoms with van der Waals surface area (Å²) < 4.78 is 0. The molecule has 0 heterocycles. The Kier molecular flexibility index (Phi) is 4.30. The molecule has 0 atom stereocenters. The van der Waals surface area contributed by atoms with E-state index in [0.29, 0.717) is 13.0 Å². The highest BCUT2D eigenvalue weighted by molar-refractivity contribution is 5.75. The quantitative estimate of drug-likeness (QED) is 0.543. The van der Waals surface area contributed by atoms with Crippen LogP contribution in [0.5, 0.6) is 0 Å². The molecule has 0 aromatic rings. The standard InChI is InChI=1S/C7H12N2O/c1-3-7(10)9(4-2)6-5-8/h3-4,6H2,1-2H3. The summed E-state index contributed by atoms with van der Waals surface area (Å²) in [6.45, 7) is 4.50. The number of rotatable bonds is 3. The first-order chi connectivity index (χ1) is 4.76. The second kappa shape index (κ2) is 4.80. The Bertz CT molecular complexity index is 148. The highest BCUT2D eigenvalue weighted by Crippen LogP contribution is 1.91. The third kappa shape index (κ3) is 2.49. The van der Waals surface area contributed by atoms with E-state index >= 15 is 0 Å². The predicted molar refractivity (Wildman–Crippen MR) is 38.2 cm³/mol. The lowest BCUT2D eigenvalue weighted by Crippen LogP contribution is -2.30. The van der Waals surface area contributed by atoms with Crippen LogP contribution in [0.3, 0.4) is 0 Å². The first-order valence-electron chi connectivity index (χ1n) is 3.41. The van der Waals surface area contributed by atoms with Crippen molar-refractivity contribution in [2.75, 3.05) is 13.1 Å². The molecular weight excluding hydrogens is 128 g/mol. The van der Waals surface area contributed by atoms with Gasteiger partial charge < -0.3 is 4.90 Å². The van der Waals surface area contributed by atoms with Crippen LogP contribution in [0.15, 0.2) is 0 Å². The number of carbonyl (C=O) groups is 1. The van der Waals surface area contributed by atoms with Gasteiger partial charge in [-0.3, -0.25) is 4.79 Å². The van der Waals surface area contributed by atoms with Gasteiger partial charge in [-0.15, -0.1) is 0 Å². The summed E-state index contributed by atoms with van der Waals surface area (Å²) in [5, 5.41) is 8.27. The molecule has 0 aliphatic carbocycles. The first-order valence-corrected chi connectivity index (χ1v) is 3.41. The molecule has 3 heteroatoms. The molecule has 0 saturated heterocycles. The fourth-order valence-corrected chi connectivity index (χ4v) is 0.685. The minimum Gasteiger partial charge on any atom is -0.330 e. The Morgan fingerprint density at radius 1 is 1.60 bits per heavy atom. The first kappa shape index (κ1) is 8.96. The topological polar surface area (TPSA) is 44.1 Å². The molecule has 0 aliphatic rings. The van der Waals surface area contributed by atoms with E-state index in [1.165, 1.54) is 4.90 Å². The van der Waals surface area contributed by atoms with Crippen molar-refractivity contribution in [3.05, 3.63) is 0 Å². The van der Waals surface area contributed by atoms with Crippen LogP contribution in [0.4, 0.5) is 0 Å². The summed E-state index contributed by atoms with van der Waals surface area (Å²) in [7, 11) is 0. The Morgan fingerprint density at radius 2 is 2.20 bits per heavy atom. The van der Waals surface area contributed by atoms with Crippen LogP contribution >= 0.6 is 0 Å². The van der Waals surface area contributed by atoms with E-state index in [1.54, 1.807) is 6.92 Å². The number of hydrogen-bond acceptors (Lipinski definition) is 2. The molecule has 0 rings (SSSR count). The second-order valence-electron chi connectivity index (χ2n) is 1.92. The van der Waals surface area contributed by atoms with Gasteiger partial charge in [-0.25, -0.2) is 0 Å². The number of nitriles is 1. The average molecular weight is 140 g/mol. The van der Waals surface area contributed by atoms with Gasteiger partial charge in [0.15, 0.2) is 0 Å². The van der Waals surface area contributed by atoms with Gasteiger partial charge in [0.05, 0.1) is 6.07 Å². The van der Waals surface area contributed by atoms with E-state index < -0.39 is 0 Å². The van der Waals surface area contributed by atoms with Gasteiger partial charge in [0, 0.05) is 13.0 Å². The second-order valence-corrected chi connectivity index (χ2v) is 1.92. The molecule has 0 saturated carbocycles. The van der Waals surface area contributed by atoms with Crippen molar-refractivity contribution in [2.24, 2.45) is 0 Å². The van der Waals surface area contributed by atoms with Crippen LogP contribution in [-0.2, 0) is 4.79 Å². The van der Waals surface area contributed by atoms with Gasteiger partial charge in [-0.1, -0.05) is 6.92 Å². The Labute approximate surface area is 61.2 Å². The summed E-state index contributed by atoms with van der Waals surface area (Å²) in [4.78, 5) is 12.4. The Balaban J connectivity index is 3.83. The summed E-state index contributed by atoms with van der Waals surface area (Å²) in [6, 6.07) is 1.94. The maximum atomic E-state index is 10.9. The summed E-state index contributed by atoms with van der Waals surface area (Å²) in [6.07, 6.45) is 0.482. The van der Waals surface area contributed by atoms with Gasteiger partial charge in [-0.05, 0) is 6.92 Å². The van der Waals surface area contributed by atoms with Crippen molar-refractivity contribution in [3.63, 3.8) is 0 Å². The van der Waals surface area contributed by atoms with Crippen LogP contribution in [0.25, 0.3) is 0 Å². The largest absolute Gasteiger partial charge is 0.330 e. The van der Waals surface area contributed by atoms with Crippen molar-refractivity contribution >= 4 is 5.91 Å². The minimum absolute atomic E-state index is 0.0454. The van der Waals surface area contributed by atoms with E-state index in [0.717, 1.165) is 0 Å². The monoisotopic (exact) mass is 140 g/mol. The van der Waals surface area contributed by atoms with Crippen molar-refractivity contribution in [3.8, 4) is 6.07 Å². The van der Waals surface area contributed by atoms with E-state index in [2.05, 4.69) is 0 Å². The van der Waals surface area contributed by atoms with E-state index in [-0.39, 0.29) is 12.5 Å². The number of nitrogens with zero attached hydrogens (tertiary/aromatic N) is 2. The molecule has 0 bridgehead atoms. The summed E-state index contributed by atoms with van der Waals surface area (Å²) in [5.41, 5.74) is 0. The Morgan fingerprint density at radius 3 is 2.50 bits per heavy atom. The van der Waals surface area contributed by atoms with Crippen LogP contribution in [0, 0.1) is 11.3 Å². The van der Waals surface area contributed by atoms with Crippen LogP contribution in [0.2, 0.25) is 0 Å². The lowest BCUT2D eigenvalue weighted by atomic mass is 10.4. The number of carbonyl (C=O) groups excluding carboxylic acids is 1. The normalized spacial score (nSPS) is 8.50. The van der Waals surface area contributed by atoms with E-state index in [9.17, 15) is 4.79 Å². The summed E-state index contributed by atoms with van der Waals surface area (Å²) in [5.74, 6) is 0.0454. The molecule has 0 radical (unpaired) electrons. The zero-order chi connectivity index (χ0) is 7.98. The third-order valence-corrected chi connectivity index (χ3v) is 1.30. The molecule has 1 amide bonds. The lowest BCUT2D eigenvalue weighted by molar-refractivity contribution is -0.130. The zero-order valence-corrected chi connectivity index (χ0v) is 6.42. The molecule has 0 spiro atoms. The predicted octanol–water partition coefficient (Wildman–Crippen LogP) is 0.768. The van der Waals surface area contributed by atoms with Crippen molar-refractivity contribution in [1.29, 1.82) is 5.26 Å². The summed E-state index contributed by atoms with van der Waals surface area (Å²) >= 11 is 0. The van der Waals surface area contributed by atoms with Crippen molar-refractivity contribution in [2.45, 2.75) is 20.3 Å². The van der Waals surface area contributed by atoms with Crippen molar-refractivity contribution in [1.82, 2.24) is 4.90 Å². The maximum absolute atomic E-state index is 10.9. The highest BCUT2D eigenvalue weighted by atomic mass is 16.2. The molecule has 56 valence electrons. The zero-order valence-electron chi connectivity index (χ0n) is 6.42. The fraction of sp³-hybridized carbons (Fsp3) is 0.714. The Hall–Kier alpha value is -1.04. The number of hydrogen-bond donors (Lipinski definition) is 0. The van der Waals surface area contributed by atoms with Crippen molar-refractivity contribution < 1.29 is 4.79 Å². The smallest absolute Gasteiger partial charge is 0.223 e. The van der Waals surface area contributed by atoms with E-state index in [1.807, 2.05) is 13.0 Å². The average Bonchev–Trinajstić information content (AvgIpc) is 1.99. The molecule has 0 aromatic heterocycles. The minimum atomic E-state index is 0.0454. The van der Waals surface area contributed by atoms with Crippen LogP contribution < -0.4 is 0 Å². The van der Waals surface area contributed by atoms with Crippen LogP contribution in [0.1, 0.15) is 20.3 Å². The molecule has 0 unspecified atom stereocenters. The molecule has 0 aliphatic heterocycles. The number of amides is 1. The molecular formula is C7H12N2O. The SMILES string of the molecule is CCC(=O)N(CC)CC#N. The van der Waals surface area contributed by atoms with Crippen LogP contribution in [-0.4, -0.2) is 23.9 Å². The maximum Gasteiger partial charge on any atom is 0.223 e. The molecule has 3 nitrogen and oxygen atoms in total. The molecule has 0 aromatic carbocycles. The van der Waals surface area contributed by atoms with Gasteiger partial charge in [0.25, 0.3) is 0 Å². The fourth-order valence-electron chi connectivity index (χ4n) is 0.685. The lowest BCUT2D eigenvalue weighted by Gasteiger charge is -2.15. The van der Waals surface area contributed by atoms with E-state index in [4.69, 9.17) is 5.26 Å².